The Morgan fingerprint density at radius 2 is 2.18 bits per heavy atom. The Bertz CT molecular complexity index is 539. The van der Waals surface area contributed by atoms with Crippen LogP contribution < -0.4 is 0 Å². The van der Waals surface area contributed by atoms with Crippen LogP contribution in [0.2, 0.25) is 5.02 Å². The molecule has 17 heavy (non-hydrogen) atoms. The zero-order valence-electron chi connectivity index (χ0n) is 8.89. The van der Waals surface area contributed by atoms with E-state index < -0.39 is 5.97 Å². The van der Waals surface area contributed by atoms with E-state index in [0.29, 0.717) is 17.1 Å². The molecular weight excluding hydrogens is 258 g/mol. The quantitative estimate of drug-likeness (QED) is 0.926. The molecule has 0 unspecified atom stereocenters. The zero-order chi connectivity index (χ0) is 12.3. The molecule has 0 amide bonds. The van der Waals surface area contributed by atoms with Crippen molar-refractivity contribution >= 4 is 28.9 Å². The van der Waals surface area contributed by atoms with Gasteiger partial charge in [-0.1, -0.05) is 29.8 Å². The van der Waals surface area contributed by atoms with Gasteiger partial charge in [0.05, 0.1) is 17.1 Å². The van der Waals surface area contributed by atoms with Gasteiger partial charge in [-0.2, -0.15) is 0 Å². The van der Waals surface area contributed by atoms with E-state index in [1.165, 1.54) is 11.3 Å². The molecule has 0 aliphatic rings. The highest BCUT2D eigenvalue weighted by Gasteiger charge is 2.08. The van der Waals surface area contributed by atoms with Gasteiger partial charge in [-0.3, -0.25) is 4.79 Å². The smallest absolute Gasteiger partial charge is 0.309 e. The Morgan fingerprint density at radius 3 is 2.88 bits per heavy atom. The molecule has 5 heteroatoms. The molecule has 0 fully saturated rings. The molecule has 0 radical (unpaired) electrons. The van der Waals surface area contributed by atoms with Crippen molar-refractivity contribution in [2.75, 3.05) is 0 Å². The molecule has 1 aromatic carbocycles. The molecule has 0 saturated heterocycles. The summed E-state index contributed by atoms with van der Waals surface area (Å²) in [5, 5.41) is 12.0. The molecule has 1 N–H and O–H groups in total. The van der Waals surface area contributed by atoms with Crippen LogP contribution in [0.1, 0.15) is 16.3 Å². The van der Waals surface area contributed by atoms with Gasteiger partial charge in [0.1, 0.15) is 0 Å². The number of thiazole rings is 1. The maximum absolute atomic E-state index is 10.5. The highest BCUT2D eigenvalue weighted by atomic mass is 35.5. The van der Waals surface area contributed by atoms with Gasteiger partial charge in [0.25, 0.3) is 0 Å². The molecule has 1 heterocycles. The van der Waals surface area contributed by atoms with Crippen molar-refractivity contribution < 1.29 is 9.90 Å². The van der Waals surface area contributed by atoms with Crippen LogP contribution in [-0.4, -0.2) is 16.1 Å². The second kappa shape index (κ2) is 5.29. The van der Waals surface area contributed by atoms with Gasteiger partial charge in [-0.05, 0) is 11.6 Å². The Hall–Kier alpha value is -1.39. The molecule has 0 aliphatic heterocycles. The maximum atomic E-state index is 10.5. The predicted molar refractivity (Wildman–Crippen MR) is 67.7 cm³/mol. The molecule has 1 aromatic heterocycles. The van der Waals surface area contributed by atoms with Crippen molar-refractivity contribution in [1.29, 1.82) is 0 Å². The van der Waals surface area contributed by atoms with Crippen LogP contribution in [0, 0.1) is 0 Å². The van der Waals surface area contributed by atoms with Gasteiger partial charge in [-0.25, -0.2) is 4.98 Å². The summed E-state index contributed by atoms with van der Waals surface area (Å²) in [7, 11) is 0. The van der Waals surface area contributed by atoms with E-state index in [2.05, 4.69) is 4.98 Å². The minimum atomic E-state index is -0.861. The number of nitrogens with zero attached hydrogens (tertiary/aromatic N) is 1. The van der Waals surface area contributed by atoms with E-state index >= 15 is 0 Å². The summed E-state index contributed by atoms with van der Waals surface area (Å²) < 4.78 is 0. The topological polar surface area (TPSA) is 50.2 Å². The SMILES string of the molecule is O=C(O)Cc1csc(Cc2ccccc2Cl)n1. The highest BCUT2D eigenvalue weighted by Crippen LogP contribution is 2.21. The lowest BCUT2D eigenvalue weighted by Gasteiger charge is -2.00. The second-order valence-corrected chi connectivity index (χ2v) is 4.92. The molecule has 0 spiro atoms. The largest absolute Gasteiger partial charge is 0.481 e. The van der Waals surface area contributed by atoms with Crippen LogP contribution in [0.15, 0.2) is 29.6 Å². The first-order valence-electron chi connectivity index (χ1n) is 5.03. The standard InChI is InChI=1S/C12H10ClNO2S/c13-10-4-2-1-3-8(10)5-11-14-9(7-17-11)6-12(15)16/h1-4,7H,5-6H2,(H,15,16). The Labute approximate surface area is 108 Å². The Balaban J connectivity index is 2.12. The number of halogens is 1. The third-order valence-electron chi connectivity index (χ3n) is 2.23. The molecule has 0 atom stereocenters. The number of hydrogen-bond donors (Lipinski definition) is 1. The van der Waals surface area contributed by atoms with Gasteiger partial charge in [0.2, 0.25) is 0 Å². The monoisotopic (exact) mass is 267 g/mol. The van der Waals surface area contributed by atoms with Gasteiger partial charge in [0.15, 0.2) is 0 Å². The van der Waals surface area contributed by atoms with E-state index in [0.717, 1.165) is 10.6 Å². The molecule has 3 nitrogen and oxygen atoms in total. The van der Waals surface area contributed by atoms with Crippen molar-refractivity contribution in [3.05, 3.63) is 50.9 Å². The van der Waals surface area contributed by atoms with Crippen molar-refractivity contribution in [2.45, 2.75) is 12.8 Å². The van der Waals surface area contributed by atoms with E-state index in [9.17, 15) is 4.79 Å². The fourth-order valence-corrected chi connectivity index (χ4v) is 2.49. The van der Waals surface area contributed by atoms with Crippen LogP contribution in [0.3, 0.4) is 0 Å². The molecular formula is C12H10ClNO2S. The molecule has 2 rings (SSSR count). The normalized spacial score (nSPS) is 10.4. The zero-order valence-corrected chi connectivity index (χ0v) is 10.5. The Kier molecular flexibility index (Phi) is 3.76. The van der Waals surface area contributed by atoms with Crippen LogP contribution in [0.25, 0.3) is 0 Å². The first-order chi connectivity index (χ1) is 8.15. The first kappa shape index (κ1) is 12.1. The van der Waals surface area contributed by atoms with E-state index in [1.807, 2.05) is 24.3 Å². The third-order valence-corrected chi connectivity index (χ3v) is 3.50. The fourth-order valence-electron chi connectivity index (χ4n) is 1.47. The summed E-state index contributed by atoms with van der Waals surface area (Å²) in [5.41, 5.74) is 1.61. The van der Waals surface area contributed by atoms with Crippen LogP contribution in [0.4, 0.5) is 0 Å². The molecule has 2 aromatic rings. The summed E-state index contributed by atoms with van der Waals surface area (Å²) in [6.07, 6.45) is 0.614. The molecule has 0 bridgehead atoms. The minimum Gasteiger partial charge on any atom is -0.481 e. The van der Waals surface area contributed by atoms with Gasteiger partial charge < -0.3 is 5.11 Å². The summed E-state index contributed by atoms with van der Waals surface area (Å²) >= 11 is 7.51. The fraction of sp³-hybridized carbons (Fsp3) is 0.167. The number of rotatable bonds is 4. The second-order valence-electron chi connectivity index (χ2n) is 3.57. The van der Waals surface area contributed by atoms with Gasteiger partial charge in [0, 0.05) is 16.8 Å². The number of carbonyl (C=O) groups is 1. The molecule has 0 saturated carbocycles. The summed E-state index contributed by atoms with van der Waals surface area (Å²) in [4.78, 5) is 14.8. The van der Waals surface area contributed by atoms with Gasteiger partial charge >= 0.3 is 5.97 Å². The number of hydrogen-bond acceptors (Lipinski definition) is 3. The number of carboxylic acid groups (broad SMARTS) is 1. The highest BCUT2D eigenvalue weighted by molar-refractivity contribution is 7.09. The first-order valence-corrected chi connectivity index (χ1v) is 6.29. The number of benzene rings is 1. The average molecular weight is 268 g/mol. The lowest BCUT2D eigenvalue weighted by atomic mass is 10.1. The summed E-state index contributed by atoms with van der Waals surface area (Å²) in [6.45, 7) is 0. The van der Waals surface area contributed by atoms with Crippen molar-refractivity contribution in [1.82, 2.24) is 4.98 Å². The maximum Gasteiger partial charge on any atom is 0.309 e. The predicted octanol–water partition coefficient (Wildman–Crippen LogP) is 3.01. The van der Waals surface area contributed by atoms with Crippen molar-refractivity contribution in [3.8, 4) is 0 Å². The number of aromatic nitrogens is 1. The minimum absolute atomic E-state index is 0.0287. The lowest BCUT2D eigenvalue weighted by Crippen LogP contribution is -2.00. The molecule has 0 aliphatic carbocycles. The van der Waals surface area contributed by atoms with Gasteiger partial charge in [-0.15, -0.1) is 11.3 Å². The Morgan fingerprint density at radius 1 is 1.41 bits per heavy atom. The third kappa shape index (κ3) is 3.28. The average Bonchev–Trinajstić information content (AvgIpc) is 2.68. The van der Waals surface area contributed by atoms with Crippen molar-refractivity contribution in [3.63, 3.8) is 0 Å². The van der Waals surface area contributed by atoms with Crippen molar-refractivity contribution in [2.24, 2.45) is 0 Å². The van der Waals surface area contributed by atoms with E-state index in [-0.39, 0.29) is 6.42 Å². The number of carboxylic acids is 1. The van der Waals surface area contributed by atoms with Crippen LogP contribution >= 0.6 is 22.9 Å². The number of aliphatic carboxylic acids is 1. The van der Waals surface area contributed by atoms with E-state index in [4.69, 9.17) is 16.7 Å². The van der Waals surface area contributed by atoms with Crippen LogP contribution in [0.5, 0.6) is 0 Å². The van der Waals surface area contributed by atoms with E-state index in [1.54, 1.807) is 5.38 Å². The summed E-state index contributed by atoms with van der Waals surface area (Å²) in [5.74, 6) is -0.861. The summed E-state index contributed by atoms with van der Waals surface area (Å²) in [6, 6.07) is 7.58. The lowest BCUT2D eigenvalue weighted by molar-refractivity contribution is -0.136. The molecule has 88 valence electrons. The van der Waals surface area contributed by atoms with Crippen LogP contribution in [-0.2, 0) is 17.6 Å².